The molecule has 2 N–H and O–H groups in total. The second-order valence-electron chi connectivity index (χ2n) is 4.74. The molecule has 0 radical (unpaired) electrons. The first-order valence-corrected chi connectivity index (χ1v) is 6.83. The van der Waals surface area contributed by atoms with Crippen LogP contribution in [0.2, 0.25) is 0 Å². The fourth-order valence-corrected chi connectivity index (χ4v) is 1.88. The zero-order valence-electron chi connectivity index (χ0n) is 12.1. The summed E-state index contributed by atoms with van der Waals surface area (Å²) in [5.41, 5.74) is 7.17. The van der Waals surface area contributed by atoms with E-state index in [1.807, 2.05) is 19.1 Å². The van der Waals surface area contributed by atoms with Gasteiger partial charge in [-0.15, -0.1) is 0 Å². The predicted molar refractivity (Wildman–Crippen MR) is 85.1 cm³/mol. The molecular weight excluding hydrogens is 264 g/mol. The van der Waals surface area contributed by atoms with Crippen LogP contribution in [0.15, 0.2) is 53.6 Å². The summed E-state index contributed by atoms with van der Waals surface area (Å²) in [7, 11) is 0. The van der Waals surface area contributed by atoms with Gasteiger partial charge < -0.3 is 5.11 Å². The second-order valence-corrected chi connectivity index (χ2v) is 4.74. The maximum Gasteiger partial charge on any atom is 0.335 e. The van der Waals surface area contributed by atoms with Crippen LogP contribution < -0.4 is 5.43 Å². The Bertz CT molecular complexity index is 643. The van der Waals surface area contributed by atoms with Gasteiger partial charge in [-0.1, -0.05) is 31.2 Å². The van der Waals surface area contributed by atoms with Crippen molar-refractivity contribution in [1.29, 1.82) is 0 Å². The van der Waals surface area contributed by atoms with Crippen LogP contribution in [0.5, 0.6) is 0 Å². The minimum Gasteiger partial charge on any atom is -0.478 e. The standard InChI is InChI=1S/C17H18N2O2/c1-3-13-4-6-14(7-5-13)12(2)18-19-16-10-8-15(9-11-16)17(20)21/h4-11,19H,3H2,1-2H3,(H,20,21)/b18-12-. The minimum atomic E-state index is -0.933. The van der Waals surface area contributed by atoms with E-state index in [4.69, 9.17) is 5.11 Å². The van der Waals surface area contributed by atoms with E-state index in [2.05, 4.69) is 29.6 Å². The first-order chi connectivity index (χ1) is 10.1. The highest BCUT2D eigenvalue weighted by atomic mass is 16.4. The van der Waals surface area contributed by atoms with Crippen molar-refractivity contribution in [1.82, 2.24) is 0 Å². The molecule has 0 saturated heterocycles. The van der Waals surface area contributed by atoms with Crippen molar-refractivity contribution in [2.75, 3.05) is 5.43 Å². The normalized spacial score (nSPS) is 11.2. The Morgan fingerprint density at radius 1 is 1.05 bits per heavy atom. The van der Waals surface area contributed by atoms with Crippen LogP contribution in [-0.2, 0) is 6.42 Å². The van der Waals surface area contributed by atoms with Crippen molar-refractivity contribution in [2.24, 2.45) is 5.10 Å². The van der Waals surface area contributed by atoms with Crippen molar-refractivity contribution >= 4 is 17.4 Å². The molecule has 21 heavy (non-hydrogen) atoms. The Balaban J connectivity index is 2.06. The van der Waals surface area contributed by atoms with E-state index in [1.54, 1.807) is 24.3 Å². The van der Waals surface area contributed by atoms with Crippen molar-refractivity contribution in [2.45, 2.75) is 20.3 Å². The lowest BCUT2D eigenvalue weighted by atomic mass is 10.1. The molecule has 0 bridgehead atoms. The molecule has 2 aromatic carbocycles. The van der Waals surface area contributed by atoms with Crippen molar-refractivity contribution in [3.05, 3.63) is 65.2 Å². The van der Waals surface area contributed by atoms with E-state index in [1.165, 1.54) is 5.56 Å². The smallest absolute Gasteiger partial charge is 0.335 e. The van der Waals surface area contributed by atoms with E-state index in [-0.39, 0.29) is 5.56 Å². The molecule has 0 heterocycles. The van der Waals surface area contributed by atoms with Crippen LogP contribution >= 0.6 is 0 Å². The number of rotatable bonds is 5. The van der Waals surface area contributed by atoms with Crippen LogP contribution in [-0.4, -0.2) is 16.8 Å². The molecule has 4 heteroatoms. The molecule has 108 valence electrons. The van der Waals surface area contributed by atoms with Gasteiger partial charge in [0, 0.05) is 0 Å². The summed E-state index contributed by atoms with van der Waals surface area (Å²) in [6, 6.07) is 14.8. The molecule has 0 saturated carbocycles. The van der Waals surface area contributed by atoms with Gasteiger partial charge in [0.25, 0.3) is 0 Å². The number of carbonyl (C=O) groups is 1. The second kappa shape index (κ2) is 6.70. The Kier molecular flexibility index (Phi) is 4.72. The van der Waals surface area contributed by atoms with Crippen LogP contribution in [0.4, 0.5) is 5.69 Å². The van der Waals surface area contributed by atoms with Crippen LogP contribution in [0.1, 0.15) is 35.3 Å². The van der Waals surface area contributed by atoms with Crippen LogP contribution in [0.25, 0.3) is 0 Å². The van der Waals surface area contributed by atoms with E-state index in [0.717, 1.165) is 23.4 Å². The van der Waals surface area contributed by atoms with Gasteiger partial charge in [0.15, 0.2) is 0 Å². The summed E-state index contributed by atoms with van der Waals surface area (Å²) >= 11 is 0. The average Bonchev–Trinajstić information content (AvgIpc) is 2.53. The molecule has 0 amide bonds. The monoisotopic (exact) mass is 282 g/mol. The number of hydrogen-bond donors (Lipinski definition) is 2. The van der Waals surface area contributed by atoms with Gasteiger partial charge >= 0.3 is 5.97 Å². The number of nitrogens with zero attached hydrogens (tertiary/aromatic N) is 1. The third-order valence-electron chi connectivity index (χ3n) is 3.26. The van der Waals surface area contributed by atoms with E-state index >= 15 is 0 Å². The molecular formula is C17H18N2O2. The van der Waals surface area contributed by atoms with E-state index in [0.29, 0.717) is 0 Å². The number of hydrogen-bond acceptors (Lipinski definition) is 3. The largest absolute Gasteiger partial charge is 0.478 e. The number of aryl methyl sites for hydroxylation is 1. The summed E-state index contributed by atoms with van der Waals surface area (Å²) in [4.78, 5) is 10.8. The lowest BCUT2D eigenvalue weighted by Crippen LogP contribution is -2.00. The summed E-state index contributed by atoms with van der Waals surface area (Å²) in [6.45, 7) is 4.05. The van der Waals surface area contributed by atoms with Gasteiger partial charge in [-0.25, -0.2) is 4.79 Å². The third kappa shape index (κ3) is 3.92. The molecule has 0 aliphatic rings. The zero-order valence-corrected chi connectivity index (χ0v) is 12.1. The summed E-state index contributed by atoms with van der Waals surface area (Å²) in [6.07, 6.45) is 1.02. The highest BCUT2D eigenvalue weighted by Crippen LogP contribution is 2.11. The van der Waals surface area contributed by atoms with Gasteiger partial charge in [0.2, 0.25) is 0 Å². The molecule has 0 spiro atoms. The molecule has 0 atom stereocenters. The number of anilines is 1. The quantitative estimate of drug-likeness (QED) is 0.648. The van der Waals surface area contributed by atoms with Crippen LogP contribution in [0.3, 0.4) is 0 Å². The number of carboxylic acid groups (broad SMARTS) is 1. The molecule has 0 aliphatic carbocycles. The average molecular weight is 282 g/mol. The molecule has 0 unspecified atom stereocenters. The number of aromatic carboxylic acids is 1. The summed E-state index contributed by atoms with van der Waals surface area (Å²) in [5, 5.41) is 13.2. The number of benzene rings is 2. The number of carboxylic acids is 1. The van der Waals surface area contributed by atoms with Gasteiger partial charge in [-0.3, -0.25) is 5.43 Å². The topological polar surface area (TPSA) is 61.7 Å². The highest BCUT2D eigenvalue weighted by Gasteiger charge is 2.01. The fourth-order valence-electron chi connectivity index (χ4n) is 1.88. The summed E-state index contributed by atoms with van der Waals surface area (Å²) < 4.78 is 0. The molecule has 4 nitrogen and oxygen atoms in total. The Labute approximate surface area is 124 Å². The molecule has 0 aromatic heterocycles. The molecule has 2 rings (SSSR count). The van der Waals surface area contributed by atoms with Crippen molar-refractivity contribution in [3.63, 3.8) is 0 Å². The van der Waals surface area contributed by atoms with Crippen LogP contribution in [0, 0.1) is 0 Å². The predicted octanol–water partition coefficient (Wildman–Crippen LogP) is 3.78. The first kappa shape index (κ1) is 14.8. The Morgan fingerprint density at radius 3 is 2.14 bits per heavy atom. The van der Waals surface area contributed by atoms with Crippen molar-refractivity contribution in [3.8, 4) is 0 Å². The number of nitrogens with one attached hydrogen (secondary N) is 1. The maximum absolute atomic E-state index is 10.8. The third-order valence-corrected chi connectivity index (χ3v) is 3.26. The zero-order chi connectivity index (χ0) is 15.2. The minimum absolute atomic E-state index is 0.261. The lowest BCUT2D eigenvalue weighted by molar-refractivity contribution is 0.0697. The SMILES string of the molecule is CCc1ccc(/C(C)=N\Nc2ccc(C(=O)O)cc2)cc1. The Morgan fingerprint density at radius 2 is 1.62 bits per heavy atom. The first-order valence-electron chi connectivity index (χ1n) is 6.83. The van der Waals surface area contributed by atoms with Gasteiger partial charge in [0.1, 0.15) is 0 Å². The molecule has 0 aliphatic heterocycles. The molecule has 2 aromatic rings. The Hall–Kier alpha value is -2.62. The molecule has 0 fully saturated rings. The van der Waals surface area contributed by atoms with Crippen molar-refractivity contribution < 1.29 is 9.90 Å². The highest BCUT2D eigenvalue weighted by molar-refractivity contribution is 5.99. The van der Waals surface area contributed by atoms with E-state index < -0.39 is 5.97 Å². The number of hydrazone groups is 1. The maximum atomic E-state index is 10.8. The van der Waals surface area contributed by atoms with Gasteiger partial charge in [-0.2, -0.15) is 5.10 Å². The summed E-state index contributed by atoms with van der Waals surface area (Å²) in [5.74, 6) is -0.933. The lowest BCUT2D eigenvalue weighted by Gasteiger charge is -2.05. The van der Waals surface area contributed by atoms with Gasteiger partial charge in [0.05, 0.1) is 17.0 Å². The van der Waals surface area contributed by atoms with Gasteiger partial charge in [-0.05, 0) is 48.7 Å². The van der Waals surface area contributed by atoms with E-state index in [9.17, 15) is 4.79 Å². The fraction of sp³-hybridized carbons (Fsp3) is 0.176.